The zero-order valence-electron chi connectivity index (χ0n) is 7.60. The summed E-state index contributed by atoms with van der Waals surface area (Å²) in [5, 5.41) is 17.9. The fourth-order valence-corrected chi connectivity index (χ4v) is 0.986. The van der Waals surface area contributed by atoms with Crippen molar-refractivity contribution in [2.75, 3.05) is 6.61 Å². The molecular formula is C10H14O3. The number of aliphatic hydroxyl groups is 2. The van der Waals surface area contributed by atoms with Crippen LogP contribution in [0.2, 0.25) is 0 Å². The molecule has 0 unspecified atom stereocenters. The van der Waals surface area contributed by atoms with Crippen molar-refractivity contribution in [1.82, 2.24) is 0 Å². The van der Waals surface area contributed by atoms with Gasteiger partial charge in [0, 0.05) is 5.56 Å². The van der Waals surface area contributed by atoms with Crippen LogP contribution in [0.5, 0.6) is 5.75 Å². The smallest absolute Gasteiger partial charge is 0.124 e. The summed E-state index contributed by atoms with van der Waals surface area (Å²) in [5.41, 5.74) is 0.739. The van der Waals surface area contributed by atoms with Crippen LogP contribution in [-0.4, -0.2) is 22.9 Å². The molecule has 1 rings (SSSR count). The van der Waals surface area contributed by atoms with Crippen molar-refractivity contribution < 1.29 is 14.9 Å². The number of hydrogen-bond acceptors (Lipinski definition) is 3. The highest BCUT2D eigenvalue weighted by molar-refractivity contribution is 5.32. The molecule has 0 fully saturated rings. The van der Waals surface area contributed by atoms with E-state index in [1.807, 2.05) is 12.1 Å². The second-order valence-electron chi connectivity index (χ2n) is 2.93. The summed E-state index contributed by atoms with van der Waals surface area (Å²) in [7, 11) is 0. The van der Waals surface area contributed by atoms with Gasteiger partial charge in [-0.05, 0) is 13.0 Å². The average molecular weight is 182 g/mol. The van der Waals surface area contributed by atoms with E-state index in [2.05, 4.69) is 0 Å². The third kappa shape index (κ3) is 3.05. The Morgan fingerprint density at radius 1 is 1.38 bits per heavy atom. The lowest BCUT2D eigenvalue weighted by Gasteiger charge is -2.10. The van der Waals surface area contributed by atoms with E-state index in [1.54, 1.807) is 19.1 Å². The Hall–Kier alpha value is -1.06. The van der Waals surface area contributed by atoms with Crippen LogP contribution in [0.15, 0.2) is 24.3 Å². The second kappa shape index (κ2) is 4.84. The predicted octanol–water partition coefficient (Wildman–Crippen LogP) is 0.938. The Bertz CT molecular complexity index is 258. The molecule has 0 aliphatic heterocycles. The number of rotatable bonds is 4. The number of hydrogen-bond donors (Lipinski definition) is 2. The first kappa shape index (κ1) is 10.0. The van der Waals surface area contributed by atoms with Crippen LogP contribution in [0.25, 0.3) is 0 Å². The SMILES string of the molecule is C[C@H](O)COc1ccccc1CO. The molecular weight excluding hydrogens is 168 g/mol. The minimum atomic E-state index is -0.494. The molecule has 0 aromatic heterocycles. The molecule has 72 valence electrons. The number of aliphatic hydroxyl groups excluding tert-OH is 2. The number of ether oxygens (including phenoxy) is 1. The maximum Gasteiger partial charge on any atom is 0.124 e. The van der Waals surface area contributed by atoms with Crippen molar-refractivity contribution >= 4 is 0 Å². The van der Waals surface area contributed by atoms with Gasteiger partial charge in [-0.15, -0.1) is 0 Å². The first-order chi connectivity index (χ1) is 6.24. The molecule has 0 saturated heterocycles. The maximum atomic E-state index is 8.99. The van der Waals surface area contributed by atoms with Crippen molar-refractivity contribution in [2.24, 2.45) is 0 Å². The van der Waals surface area contributed by atoms with E-state index in [0.29, 0.717) is 5.75 Å². The average Bonchev–Trinajstić information content (AvgIpc) is 2.15. The van der Waals surface area contributed by atoms with Crippen molar-refractivity contribution in [3.63, 3.8) is 0 Å². The van der Waals surface area contributed by atoms with Gasteiger partial charge in [0.05, 0.1) is 12.7 Å². The first-order valence-electron chi connectivity index (χ1n) is 4.23. The van der Waals surface area contributed by atoms with Gasteiger partial charge < -0.3 is 14.9 Å². The molecule has 0 aliphatic rings. The molecule has 3 heteroatoms. The maximum absolute atomic E-state index is 8.99. The second-order valence-corrected chi connectivity index (χ2v) is 2.93. The van der Waals surface area contributed by atoms with Gasteiger partial charge in [-0.2, -0.15) is 0 Å². The highest BCUT2D eigenvalue weighted by Gasteiger charge is 2.02. The Kier molecular flexibility index (Phi) is 3.73. The lowest BCUT2D eigenvalue weighted by Crippen LogP contribution is -2.13. The van der Waals surface area contributed by atoms with Crippen molar-refractivity contribution in [2.45, 2.75) is 19.6 Å². The fourth-order valence-electron chi connectivity index (χ4n) is 0.986. The highest BCUT2D eigenvalue weighted by atomic mass is 16.5. The zero-order valence-corrected chi connectivity index (χ0v) is 7.60. The van der Waals surface area contributed by atoms with Crippen LogP contribution < -0.4 is 4.74 Å². The van der Waals surface area contributed by atoms with Crippen molar-refractivity contribution in [1.29, 1.82) is 0 Å². The molecule has 1 atom stereocenters. The fraction of sp³-hybridized carbons (Fsp3) is 0.400. The zero-order chi connectivity index (χ0) is 9.68. The lowest BCUT2D eigenvalue weighted by molar-refractivity contribution is 0.121. The van der Waals surface area contributed by atoms with Gasteiger partial charge in [-0.25, -0.2) is 0 Å². The summed E-state index contributed by atoms with van der Waals surface area (Å²) >= 11 is 0. The molecule has 2 N–H and O–H groups in total. The summed E-state index contributed by atoms with van der Waals surface area (Å²) in [6.07, 6.45) is -0.494. The molecule has 1 aromatic rings. The van der Waals surface area contributed by atoms with Crippen molar-refractivity contribution in [3.05, 3.63) is 29.8 Å². The summed E-state index contributed by atoms with van der Waals surface area (Å²) in [4.78, 5) is 0. The van der Waals surface area contributed by atoms with Gasteiger partial charge in [0.1, 0.15) is 12.4 Å². The Morgan fingerprint density at radius 2 is 2.08 bits per heavy atom. The van der Waals surface area contributed by atoms with Crippen LogP contribution in [-0.2, 0) is 6.61 Å². The van der Waals surface area contributed by atoms with Gasteiger partial charge in [-0.1, -0.05) is 18.2 Å². The summed E-state index contributed by atoms with van der Waals surface area (Å²) in [6, 6.07) is 7.22. The van der Waals surface area contributed by atoms with Crippen molar-refractivity contribution in [3.8, 4) is 5.75 Å². The summed E-state index contributed by atoms with van der Waals surface area (Å²) in [6.45, 7) is 1.86. The quantitative estimate of drug-likeness (QED) is 0.728. The Morgan fingerprint density at radius 3 is 2.69 bits per heavy atom. The van der Waals surface area contributed by atoms with E-state index in [-0.39, 0.29) is 13.2 Å². The van der Waals surface area contributed by atoms with Crippen LogP contribution in [0, 0.1) is 0 Å². The van der Waals surface area contributed by atoms with Crippen LogP contribution in [0.1, 0.15) is 12.5 Å². The van der Waals surface area contributed by atoms with Gasteiger partial charge >= 0.3 is 0 Å². The highest BCUT2D eigenvalue weighted by Crippen LogP contribution is 2.17. The monoisotopic (exact) mass is 182 g/mol. The molecule has 0 amide bonds. The Balaban J connectivity index is 2.64. The van der Waals surface area contributed by atoms with Crippen LogP contribution in [0.3, 0.4) is 0 Å². The largest absolute Gasteiger partial charge is 0.491 e. The van der Waals surface area contributed by atoms with Gasteiger partial charge in [0.2, 0.25) is 0 Å². The van der Waals surface area contributed by atoms with E-state index in [4.69, 9.17) is 14.9 Å². The van der Waals surface area contributed by atoms with E-state index >= 15 is 0 Å². The molecule has 0 saturated carbocycles. The lowest BCUT2D eigenvalue weighted by atomic mass is 10.2. The minimum absolute atomic E-state index is 0.0457. The van der Waals surface area contributed by atoms with Gasteiger partial charge in [0.15, 0.2) is 0 Å². The van der Waals surface area contributed by atoms with E-state index < -0.39 is 6.10 Å². The minimum Gasteiger partial charge on any atom is -0.491 e. The molecule has 0 spiro atoms. The van der Waals surface area contributed by atoms with E-state index in [1.165, 1.54) is 0 Å². The molecule has 0 radical (unpaired) electrons. The van der Waals surface area contributed by atoms with Crippen LogP contribution >= 0.6 is 0 Å². The van der Waals surface area contributed by atoms with Crippen LogP contribution in [0.4, 0.5) is 0 Å². The third-order valence-electron chi connectivity index (χ3n) is 1.62. The third-order valence-corrected chi connectivity index (χ3v) is 1.62. The first-order valence-corrected chi connectivity index (χ1v) is 4.23. The van der Waals surface area contributed by atoms with E-state index in [0.717, 1.165) is 5.56 Å². The van der Waals surface area contributed by atoms with Gasteiger partial charge in [0.25, 0.3) is 0 Å². The molecule has 13 heavy (non-hydrogen) atoms. The standard InChI is InChI=1S/C10H14O3/c1-8(12)7-13-10-5-3-2-4-9(10)6-11/h2-5,8,11-12H,6-7H2,1H3/t8-/m0/s1. The summed E-state index contributed by atoms with van der Waals surface area (Å²) in [5.74, 6) is 0.630. The van der Waals surface area contributed by atoms with Gasteiger partial charge in [-0.3, -0.25) is 0 Å². The number of para-hydroxylation sites is 1. The topological polar surface area (TPSA) is 49.7 Å². The normalized spacial score (nSPS) is 12.5. The molecule has 1 aromatic carbocycles. The van der Waals surface area contributed by atoms with E-state index in [9.17, 15) is 0 Å². The molecule has 0 aliphatic carbocycles. The molecule has 0 heterocycles. The molecule has 0 bridgehead atoms. The molecule has 3 nitrogen and oxygen atoms in total. The summed E-state index contributed by atoms with van der Waals surface area (Å²) < 4.78 is 5.28. The number of benzene rings is 1. The predicted molar refractivity (Wildman–Crippen MR) is 49.5 cm³/mol. The Labute approximate surface area is 77.6 Å².